The molecule has 1 fully saturated rings. The number of likely N-dealkylation sites (tertiary alicyclic amines) is 1. The van der Waals surface area contributed by atoms with Gasteiger partial charge in [0.05, 0.1) is 20.3 Å². The van der Waals surface area contributed by atoms with E-state index in [4.69, 9.17) is 22.1 Å². The molecule has 0 atom stereocenters. The maximum atomic E-state index is 5.94. The van der Waals surface area contributed by atoms with Crippen LogP contribution in [-0.4, -0.2) is 39.4 Å². The van der Waals surface area contributed by atoms with Crippen molar-refractivity contribution >= 4 is 12.2 Å². The van der Waals surface area contributed by atoms with Crippen LogP contribution in [0.3, 0.4) is 0 Å². The monoisotopic (exact) mass is 470 g/mol. The Balaban J connectivity index is 1.38. The molecule has 1 aliphatic heterocycles. The lowest BCUT2D eigenvalue weighted by molar-refractivity contribution is 0.160. The molecule has 0 N–H and O–H groups in total. The second kappa shape index (κ2) is 10.4. The van der Waals surface area contributed by atoms with Gasteiger partial charge in [0, 0.05) is 18.7 Å². The van der Waals surface area contributed by atoms with Gasteiger partial charge in [0.2, 0.25) is 0 Å². The van der Waals surface area contributed by atoms with E-state index < -0.39 is 0 Å². The summed E-state index contributed by atoms with van der Waals surface area (Å²) in [6.07, 6.45) is 2.32. The number of piperidine rings is 1. The maximum Gasteiger partial charge on any atom is 0.199 e. The largest absolute Gasteiger partial charge is 0.497 e. The van der Waals surface area contributed by atoms with Crippen molar-refractivity contribution in [3.63, 3.8) is 0 Å². The van der Waals surface area contributed by atoms with Crippen molar-refractivity contribution in [1.29, 1.82) is 0 Å². The summed E-state index contributed by atoms with van der Waals surface area (Å²) in [5, 5.41) is 5.00. The molecule has 34 heavy (non-hydrogen) atoms. The minimum Gasteiger partial charge on any atom is -0.497 e. The molecule has 4 aromatic rings. The molecule has 2 heterocycles. The lowest BCUT2D eigenvalue weighted by Crippen LogP contribution is -2.34. The quantitative estimate of drug-likeness (QED) is 0.312. The third-order valence-electron chi connectivity index (χ3n) is 6.65. The van der Waals surface area contributed by atoms with E-state index in [1.54, 1.807) is 7.11 Å². The van der Waals surface area contributed by atoms with Crippen LogP contribution >= 0.6 is 12.2 Å². The second-order valence-electron chi connectivity index (χ2n) is 8.85. The topological polar surface area (TPSA) is 35.2 Å². The van der Waals surface area contributed by atoms with E-state index in [0.29, 0.717) is 19.1 Å². The van der Waals surface area contributed by atoms with Gasteiger partial charge in [0.25, 0.3) is 0 Å². The molecule has 3 aromatic carbocycles. The number of benzene rings is 3. The summed E-state index contributed by atoms with van der Waals surface area (Å²) in [5.74, 6) is 2.35. The Morgan fingerprint density at radius 2 is 1.53 bits per heavy atom. The van der Waals surface area contributed by atoms with Crippen molar-refractivity contribution in [3.05, 3.63) is 101 Å². The first kappa shape index (κ1) is 22.6. The predicted octanol–water partition coefficient (Wildman–Crippen LogP) is 5.98. The minimum atomic E-state index is 0.635. The van der Waals surface area contributed by atoms with Gasteiger partial charge in [-0.3, -0.25) is 9.47 Å². The van der Waals surface area contributed by atoms with Crippen molar-refractivity contribution < 1.29 is 4.74 Å². The smallest absolute Gasteiger partial charge is 0.199 e. The number of aromatic nitrogens is 3. The molecule has 0 amide bonds. The molecule has 6 heteroatoms. The number of hydrogen-bond donors (Lipinski definition) is 0. The normalized spacial score (nSPS) is 14.9. The fourth-order valence-corrected chi connectivity index (χ4v) is 4.97. The minimum absolute atomic E-state index is 0.635. The number of nitrogens with zero attached hydrogens (tertiary/aromatic N) is 4. The summed E-state index contributed by atoms with van der Waals surface area (Å²) in [6, 6.07) is 29.3. The molecule has 174 valence electrons. The summed E-state index contributed by atoms with van der Waals surface area (Å²) in [5.41, 5.74) is 3.69. The van der Waals surface area contributed by atoms with Gasteiger partial charge in [-0.15, -0.1) is 0 Å². The molecule has 0 spiro atoms. The van der Waals surface area contributed by atoms with Gasteiger partial charge in [0.1, 0.15) is 5.75 Å². The van der Waals surface area contributed by atoms with Crippen molar-refractivity contribution in [2.75, 3.05) is 20.2 Å². The zero-order chi connectivity index (χ0) is 23.3. The first-order valence-electron chi connectivity index (χ1n) is 11.8. The molecule has 0 radical (unpaired) electrons. The van der Waals surface area contributed by atoms with Crippen LogP contribution in [-0.2, 0) is 13.2 Å². The van der Waals surface area contributed by atoms with E-state index in [1.165, 1.54) is 11.1 Å². The molecule has 5 nitrogen and oxygen atoms in total. The van der Waals surface area contributed by atoms with Gasteiger partial charge in [-0.25, -0.2) is 4.68 Å². The highest BCUT2D eigenvalue weighted by molar-refractivity contribution is 7.71. The van der Waals surface area contributed by atoms with Gasteiger partial charge >= 0.3 is 0 Å². The van der Waals surface area contributed by atoms with Crippen LogP contribution in [0.1, 0.15) is 29.9 Å². The molecular weight excluding hydrogens is 440 g/mol. The number of rotatable bonds is 7. The highest BCUT2D eigenvalue weighted by Crippen LogP contribution is 2.28. The molecule has 5 rings (SSSR count). The molecule has 1 saturated heterocycles. The third-order valence-corrected chi connectivity index (χ3v) is 7.08. The lowest BCUT2D eigenvalue weighted by atomic mass is 9.90. The zero-order valence-electron chi connectivity index (χ0n) is 19.5. The van der Waals surface area contributed by atoms with Crippen molar-refractivity contribution in [1.82, 2.24) is 19.2 Å². The van der Waals surface area contributed by atoms with Crippen LogP contribution in [0.2, 0.25) is 0 Å². The predicted molar refractivity (Wildman–Crippen MR) is 139 cm³/mol. The van der Waals surface area contributed by atoms with E-state index in [9.17, 15) is 0 Å². The Labute approximate surface area is 206 Å². The highest BCUT2D eigenvalue weighted by Gasteiger charge is 2.22. The van der Waals surface area contributed by atoms with Crippen LogP contribution in [0.4, 0.5) is 0 Å². The average molecular weight is 471 g/mol. The average Bonchev–Trinajstić information content (AvgIpc) is 3.20. The molecule has 0 bridgehead atoms. The van der Waals surface area contributed by atoms with Crippen molar-refractivity contribution in [3.8, 4) is 17.1 Å². The van der Waals surface area contributed by atoms with Crippen LogP contribution in [0.5, 0.6) is 5.75 Å². The fraction of sp³-hybridized carbons (Fsp3) is 0.286. The fourth-order valence-electron chi connectivity index (χ4n) is 4.72. The Hall–Kier alpha value is -3.22. The van der Waals surface area contributed by atoms with Gasteiger partial charge in [-0.2, -0.15) is 5.10 Å². The highest BCUT2D eigenvalue weighted by atomic mass is 32.1. The standard InChI is InChI=1S/C28H30N4OS/c1-33-26-14-12-25(13-15-26)27-29-32(28(34)31(27)20-22-8-4-2-5-9-22)21-30-18-16-24(17-19-30)23-10-6-3-7-11-23/h2-15,24H,16-21H2,1H3. The second-order valence-corrected chi connectivity index (χ2v) is 9.22. The Morgan fingerprint density at radius 1 is 0.882 bits per heavy atom. The molecule has 1 aromatic heterocycles. The zero-order valence-corrected chi connectivity index (χ0v) is 20.3. The summed E-state index contributed by atoms with van der Waals surface area (Å²) in [4.78, 5) is 2.47. The summed E-state index contributed by atoms with van der Waals surface area (Å²) in [6.45, 7) is 3.50. The Kier molecular flexibility index (Phi) is 6.88. The van der Waals surface area contributed by atoms with E-state index in [2.05, 4.69) is 64.1 Å². The number of hydrogen-bond acceptors (Lipinski definition) is 4. The number of methoxy groups -OCH3 is 1. The summed E-state index contributed by atoms with van der Waals surface area (Å²) >= 11 is 5.94. The SMILES string of the molecule is COc1ccc(-c2nn(CN3CCC(c4ccccc4)CC3)c(=S)n2Cc2ccccc2)cc1. The Bertz CT molecular complexity index is 1260. The summed E-state index contributed by atoms with van der Waals surface area (Å²) in [7, 11) is 1.68. The van der Waals surface area contributed by atoms with E-state index in [1.807, 2.05) is 35.0 Å². The molecule has 0 unspecified atom stereocenters. The summed E-state index contributed by atoms with van der Waals surface area (Å²) < 4.78 is 10.2. The van der Waals surface area contributed by atoms with E-state index in [-0.39, 0.29) is 0 Å². The number of ether oxygens (including phenoxy) is 1. The van der Waals surface area contributed by atoms with E-state index >= 15 is 0 Å². The van der Waals surface area contributed by atoms with Crippen LogP contribution in [0.25, 0.3) is 11.4 Å². The maximum absolute atomic E-state index is 5.94. The van der Waals surface area contributed by atoms with Crippen LogP contribution in [0, 0.1) is 4.77 Å². The molecule has 0 aliphatic carbocycles. The van der Waals surface area contributed by atoms with Crippen LogP contribution < -0.4 is 4.74 Å². The van der Waals surface area contributed by atoms with Gasteiger partial charge in [0.15, 0.2) is 10.6 Å². The van der Waals surface area contributed by atoms with Gasteiger partial charge in [-0.05, 0) is 66.4 Å². The first-order valence-corrected chi connectivity index (χ1v) is 12.3. The van der Waals surface area contributed by atoms with Crippen molar-refractivity contribution in [2.45, 2.75) is 32.0 Å². The van der Waals surface area contributed by atoms with Gasteiger partial charge in [-0.1, -0.05) is 60.7 Å². The molecule has 0 saturated carbocycles. The lowest BCUT2D eigenvalue weighted by Gasteiger charge is -2.31. The Morgan fingerprint density at radius 3 is 2.18 bits per heavy atom. The molecule has 1 aliphatic rings. The third kappa shape index (κ3) is 4.98. The van der Waals surface area contributed by atoms with Crippen LogP contribution in [0.15, 0.2) is 84.9 Å². The first-order chi connectivity index (χ1) is 16.7. The molecular formula is C28H30N4OS. The van der Waals surface area contributed by atoms with Crippen molar-refractivity contribution in [2.24, 2.45) is 0 Å². The van der Waals surface area contributed by atoms with E-state index in [0.717, 1.165) is 47.8 Å². The van der Waals surface area contributed by atoms with Gasteiger partial charge < -0.3 is 4.74 Å².